The van der Waals surface area contributed by atoms with Crippen LogP contribution in [-0.2, 0) is 4.74 Å². The van der Waals surface area contributed by atoms with Crippen LogP contribution in [0.5, 0.6) is 0 Å². The van der Waals surface area contributed by atoms with Crippen molar-refractivity contribution in [2.24, 2.45) is 5.73 Å². The van der Waals surface area contributed by atoms with E-state index in [1.807, 2.05) is 31.2 Å². The first-order chi connectivity index (χ1) is 7.19. The van der Waals surface area contributed by atoms with Crippen molar-refractivity contribution in [3.05, 3.63) is 34.9 Å². The Balaban J connectivity index is 2.83. The van der Waals surface area contributed by atoms with Gasteiger partial charge in [0.15, 0.2) is 0 Å². The molecule has 1 rings (SSSR count). The molecule has 2 nitrogen and oxygen atoms in total. The van der Waals surface area contributed by atoms with E-state index in [2.05, 4.69) is 6.92 Å². The molecule has 2 atom stereocenters. The molecule has 2 unspecified atom stereocenters. The molecule has 3 heteroatoms. The highest BCUT2D eigenvalue weighted by Gasteiger charge is 2.18. The third-order valence-corrected chi connectivity index (χ3v) is 2.66. The number of halogens is 1. The molecule has 0 spiro atoms. The second kappa shape index (κ2) is 6.11. The summed E-state index contributed by atoms with van der Waals surface area (Å²) in [6.45, 7) is 4.71. The Morgan fingerprint density at radius 1 is 1.27 bits per heavy atom. The van der Waals surface area contributed by atoms with Gasteiger partial charge >= 0.3 is 0 Å². The van der Waals surface area contributed by atoms with Crippen LogP contribution in [0.3, 0.4) is 0 Å². The Bertz CT molecular complexity index is 286. The fourth-order valence-corrected chi connectivity index (χ4v) is 1.64. The predicted molar refractivity (Wildman–Crippen MR) is 64.1 cm³/mol. The molecule has 0 radical (unpaired) electrons. The number of hydrogen-bond donors (Lipinski definition) is 1. The Morgan fingerprint density at radius 3 is 2.33 bits per heavy atom. The highest BCUT2D eigenvalue weighted by atomic mass is 35.5. The average molecular weight is 228 g/mol. The lowest BCUT2D eigenvalue weighted by Crippen LogP contribution is -2.29. The molecule has 0 aromatic heterocycles. The smallest absolute Gasteiger partial charge is 0.0975 e. The van der Waals surface area contributed by atoms with E-state index in [0.29, 0.717) is 6.61 Å². The molecule has 0 bridgehead atoms. The van der Waals surface area contributed by atoms with Gasteiger partial charge in [0.1, 0.15) is 0 Å². The van der Waals surface area contributed by atoms with E-state index in [1.165, 1.54) is 0 Å². The van der Waals surface area contributed by atoms with Gasteiger partial charge in [-0.1, -0.05) is 30.7 Å². The van der Waals surface area contributed by atoms with Gasteiger partial charge in [-0.05, 0) is 31.0 Å². The maximum Gasteiger partial charge on any atom is 0.0975 e. The van der Waals surface area contributed by atoms with E-state index in [0.717, 1.165) is 17.0 Å². The summed E-state index contributed by atoms with van der Waals surface area (Å²) in [4.78, 5) is 0. The van der Waals surface area contributed by atoms with Gasteiger partial charge in [0.2, 0.25) is 0 Å². The number of hydrogen-bond acceptors (Lipinski definition) is 2. The molecule has 0 aliphatic heterocycles. The molecule has 0 aliphatic rings. The normalized spacial score (nSPS) is 14.9. The van der Waals surface area contributed by atoms with Crippen LogP contribution >= 0.6 is 11.6 Å². The molecule has 84 valence electrons. The summed E-state index contributed by atoms with van der Waals surface area (Å²) in [5.74, 6) is 0. The van der Waals surface area contributed by atoms with Crippen LogP contribution < -0.4 is 5.73 Å². The van der Waals surface area contributed by atoms with Gasteiger partial charge in [0.05, 0.1) is 6.10 Å². The van der Waals surface area contributed by atoms with Gasteiger partial charge in [0.25, 0.3) is 0 Å². The fraction of sp³-hybridized carbons (Fsp3) is 0.500. The van der Waals surface area contributed by atoms with E-state index < -0.39 is 0 Å². The number of benzene rings is 1. The molecule has 15 heavy (non-hydrogen) atoms. The maximum atomic E-state index is 6.02. The number of nitrogens with two attached hydrogens (primary N) is 1. The van der Waals surface area contributed by atoms with Gasteiger partial charge in [-0.15, -0.1) is 0 Å². The zero-order chi connectivity index (χ0) is 11.3. The number of ether oxygens (including phenoxy) is 1. The monoisotopic (exact) mass is 227 g/mol. The van der Waals surface area contributed by atoms with Crippen LogP contribution in [0.25, 0.3) is 0 Å². The minimum absolute atomic E-state index is 0.0303. The molecule has 0 saturated heterocycles. The largest absolute Gasteiger partial charge is 0.372 e. The van der Waals surface area contributed by atoms with E-state index >= 15 is 0 Å². The van der Waals surface area contributed by atoms with Crippen molar-refractivity contribution >= 4 is 11.6 Å². The van der Waals surface area contributed by atoms with Crippen molar-refractivity contribution in [1.29, 1.82) is 0 Å². The third kappa shape index (κ3) is 3.49. The molecular formula is C12H18ClNO. The zero-order valence-corrected chi connectivity index (χ0v) is 10.00. The SMILES string of the molecule is CCOC(c1ccc(Cl)cc1)C(N)CC. The molecule has 0 amide bonds. The third-order valence-electron chi connectivity index (χ3n) is 2.41. The summed E-state index contributed by atoms with van der Waals surface area (Å²) in [6.07, 6.45) is 0.866. The van der Waals surface area contributed by atoms with Gasteiger partial charge in [-0.25, -0.2) is 0 Å². The quantitative estimate of drug-likeness (QED) is 0.839. The number of rotatable bonds is 5. The van der Waals surface area contributed by atoms with Crippen molar-refractivity contribution < 1.29 is 4.74 Å². The van der Waals surface area contributed by atoms with Crippen LogP contribution in [0.2, 0.25) is 5.02 Å². The fourth-order valence-electron chi connectivity index (χ4n) is 1.51. The molecular weight excluding hydrogens is 210 g/mol. The zero-order valence-electron chi connectivity index (χ0n) is 9.24. The summed E-state index contributed by atoms with van der Waals surface area (Å²) < 4.78 is 5.65. The van der Waals surface area contributed by atoms with Crippen LogP contribution in [0.1, 0.15) is 31.9 Å². The molecule has 1 aromatic rings. The molecule has 2 N–H and O–H groups in total. The highest BCUT2D eigenvalue weighted by Crippen LogP contribution is 2.23. The lowest BCUT2D eigenvalue weighted by atomic mass is 10.0. The predicted octanol–water partition coefficient (Wildman–Crippen LogP) is 3.15. The minimum Gasteiger partial charge on any atom is -0.372 e. The first kappa shape index (κ1) is 12.5. The summed E-state index contributed by atoms with van der Waals surface area (Å²) in [5, 5.41) is 0.735. The molecule has 0 heterocycles. The molecule has 0 saturated carbocycles. The second-order valence-electron chi connectivity index (χ2n) is 3.50. The Morgan fingerprint density at radius 2 is 1.87 bits per heavy atom. The van der Waals surface area contributed by atoms with Gasteiger partial charge in [-0.2, -0.15) is 0 Å². The summed E-state index contributed by atoms with van der Waals surface area (Å²) in [5.41, 5.74) is 7.11. The lowest BCUT2D eigenvalue weighted by molar-refractivity contribution is 0.0424. The van der Waals surface area contributed by atoms with Crippen molar-refractivity contribution in [3.63, 3.8) is 0 Å². The van der Waals surface area contributed by atoms with E-state index in [9.17, 15) is 0 Å². The lowest BCUT2D eigenvalue weighted by Gasteiger charge is -2.23. The van der Waals surface area contributed by atoms with Crippen LogP contribution in [-0.4, -0.2) is 12.6 Å². The topological polar surface area (TPSA) is 35.2 Å². The summed E-state index contributed by atoms with van der Waals surface area (Å²) in [7, 11) is 0. The van der Waals surface area contributed by atoms with E-state index in [-0.39, 0.29) is 12.1 Å². The van der Waals surface area contributed by atoms with Crippen molar-refractivity contribution in [2.45, 2.75) is 32.4 Å². The summed E-state index contributed by atoms with van der Waals surface area (Å²) >= 11 is 5.83. The Labute approximate surface area is 96.4 Å². The van der Waals surface area contributed by atoms with Crippen molar-refractivity contribution in [1.82, 2.24) is 0 Å². The van der Waals surface area contributed by atoms with Gasteiger partial charge in [0, 0.05) is 17.7 Å². The molecule has 0 fully saturated rings. The van der Waals surface area contributed by atoms with Crippen LogP contribution in [0, 0.1) is 0 Å². The maximum absolute atomic E-state index is 6.02. The van der Waals surface area contributed by atoms with Crippen molar-refractivity contribution in [3.8, 4) is 0 Å². The highest BCUT2D eigenvalue weighted by molar-refractivity contribution is 6.30. The Kier molecular flexibility index (Phi) is 5.09. The van der Waals surface area contributed by atoms with Crippen molar-refractivity contribution in [2.75, 3.05) is 6.61 Å². The first-order valence-corrected chi connectivity index (χ1v) is 5.69. The summed E-state index contributed by atoms with van der Waals surface area (Å²) in [6, 6.07) is 7.71. The minimum atomic E-state index is -0.0303. The molecule has 1 aromatic carbocycles. The van der Waals surface area contributed by atoms with Gasteiger partial charge in [-0.3, -0.25) is 0 Å². The van der Waals surface area contributed by atoms with E-state index in [1.54, 1.807) is 0 Å². The first-order valence-electron chi connectivity index (χ1n) is 5.31. The van der Waals surface area contributed by atoms with Crippen LogP contribution in [0.4, 0.5) is 0 Å². The van der Waals surface area contributed by atoms with E-state index in [4.69, 9.17) is 22.1 Å². The Hall–Kier alpha value is -0.570. The van der Waals surface area contributed by atoms with Gasteiger partial charge < -0.3 is 10.5 Å². The van der Waals surface area contributed by atoms with Crippen LogP contribution in [0.15, 0.2) is 24.3 Å². The second-order valence-corrected chi connectivity index (χ2v) is 3.94. The average Bonchev–Trinajstić information content (AvgIpc) is 2.26. The standard InChI is InChI=1S/C12H18ClNO/c1-3-11(14)12(15-4-2)9-5-7-10(13)8-6-9/h5-8,11-12H,3-4,14H2,1-2H3. The molecule has 0 aliphatic carbocycles.